The Hall–Kier alpha value is -1.65. The number of hydrogen-bond acceptors (Lipinski definition) is 3. The second-order valence-corrected chi connectivity index (χ2v) is 2.76. The lowest BCUT2D eigenvalue weighted by atomic mass is 10.3. The van der Waals surface area contributed by atoms with Gasteiger partial charge >= 0.3 is 0 Å². The summed E-state index contributed by atoms with van der Waals surface area (Å²) in [4.78, 5) is 10.5. The van der Waals surface area contributed by atoms with Crippen LogP contribution in [0.1, 0.15) is 6.92 Å². The Morgan fingerprint density at radius 2 is 2.14 bits per heavy atom. The summed E-state index contributed by atoms with van der Waals surface area (Å²) >= 11 is 0. The van der Waals surface area contributed by atoms with Gasteiger partial charge in [-0.25, -0.2) is 8.78 Å². The zero-order valence-electron chi connectivity index (χ0n) is 7.51. The molecule has 0 aliphatic heterocycles. The van der Waals surface area contributed by atoms with Gasteiger partial charge in [-0.05, 0) is 19.1 Å². The predicted octanol–water partition coefficient (Wildman–Crippen LogP) is 1.51. The Morgan fingerprint density at radius 1 is 1.50 bits per heavy atom. The number of nitrogens with two attached hydrogens (primary N) is 1. The van der Waals surface area contributed by atoms with Crippen molar-refractivity contribution in [1.29, 1.82) is 0 Å². The minimum Gasteiger partial charge on any atom is -0.483 e. The number of anilines is 1. The number of carbonyl (C=O) groups excluding carboxylic acids is 1. The van der Waals surface area contributed by atoms with Crippen molar-refractivity contribution in [3.8, 4) is 5.75 Å². The van der Waals surface area contributed by atoms with Crippen molar-refractivity contribution in [3.63, 3.8) is 0 Å². The van der Waals surface area contributed by atoms with Gasteiger partial charge < -0.3 is 10.5 Å². The van der Waals surface area contributed by atoms with Gasteiger partial charge in [-0.15, -0.1) is 0 Å². The number of Topliss-reactive ketones (excluding diaryl/α,β-unsaturated/α-hetero) is 1. The molecule has 3 nitrogen and oxygen atoms in total. The molecule has 0 unspecified atom stereocenters. The summed E-state index contributed by atoms with van der Waals surface area (Å²) < 4.78 is 30.5. The van der Waals surface area contributed by atoms with Gasteiger partial charge in [0, 0.05) is 0 Å². The van der Waals surface area contributed by atoms with E-state index < -0.39 is 17.3 Å². The zero-order valence-corrected chi connectivity index (χ0v) is 7.51. The summed E-state index contributed by atoms with van der Waals surface area (Å²) in [6.07, 6.45) is 0. The highest BCUT2D eigenvalue weighted by molar-refractivity contribution is 5.77. The molecule has 0 heterocycles. The SMILES string of the molecule is CC(=O)COc1ccc(F)c(N)c1F. The van der Waals surface area contributed by atoms with Crippen LogP contribution in [0.2, 0.25) is 0 Å². The number of nitrogen functional groups attached to an aromatic ring is 1. The van der Waals surface area contributed by atoms with Gasteiger partial charge in [0.15, 0.2) is 17.3 Å². The lowest BCUT2D eigenvalue weighted by molar-refractivity contribution is -0.118. The average Bonchev–Trinajstić information content (AvgIpc) is 2.13. The summed E-state index contributed by atoms with van der Waals surface area (Å²) in [5.74, 6) is -2.31. The number of ketones is 1. The highest BCUT2D eigenvalue weighted by Gasteiger charge is 2.11. The molecule has 0 aliphatic carbocycles. The smallest absolute Gasteiger partial charge is 0.190 e. The summed E-state index contributed by atoms with van der Waals surface area (Å²) in [6.45, 7) is 1.03. The molecule has 14 heavy (non-hydrogen) atoms. The molecule has 0 fully saturated rings. The molecule has 1 rings (SSSR count). The van der Waals surface area contributed by atoms with E-state index in [1.54, 1.807) is 0 Å². The van der Waals surface area contributed by atoms with Gasteiger partial charge in [0.1, 0.15) is 18.1 Å². The lowest BCUT2D eigenvalue weighted by Crippen LogP contribution is -2.08. The number of ether oxygens (including phenoxy) is 1. The Labute approximate surface area is 79.5 Å². The number of rotatable bonds is 3. The molecule has 0 aliphatic rings. The van der Waals surface area contributed by atoms with Crippen LogP contribution in [0.4, 0.5) is 14.5 Å². The first kappa shape index (κ1) is 10.4. The quantitative estimate of drug-likeness (QED) is 0.754. The molecule has 0 saturated heterocycles. The van der Waals surface area contributed by atoms with E-state index in [1.807, 2.05) is 0 Å². The molecule has 2 N–H and O–H groups in total. The van der Waals surface area contributed by atoms with E-state index in [-0.39, 0.29) is 18.1 Å². The summed E-state index contributed by atoms with van der Waals surface area (Å²) in [5, 5.41) is 0. The van der Waals surface area contributed by atoms with Gasteiger partial charge in [0.2, 0.25) is 0 Å². The van der Waals surface area contributed by atoms with Gasteiger partial charge in [-0.3, -0.25) is 4.79 Å². The van der Waals surface area contributed by atoms with Crippen LogP contribution in [0.15, 0.2) is 12.1 Å². The Bertz CT molecular complexity index is 366. The first-order chi connectivity index (χ1) is 6.52. The van der Waals surface area contributed by atoms with E-state index >= 15 is 0 Å². The van der Waals surface area contributed by atoms with E-state index in [4.69, 9.17) is 10.5 Å². The van der Waals surface area contributed by atoms with Crippen LogP contribution >= 0.6 is 0 Å². The van der Waals surface area contributed by atoms with E-state index in [2.05, 4.69) is 0 Å². The average molecular weight is 201 g/mol. The molecular weight excluding hydrogens is 192 g/mol. The molecular formula is C9H9F2NO2. The Balaban J connectivity index is 2.88. The highest BCUT2D eigenvalue weighted by atomic mass is 19.1. The van der Waals surface area contributed by atoms with Gasteiger partial charge in [-0.1, -0.05) is 0 Å². The second-order valence-electron chi connectivity index (χ2n) is 2.76. The van der Waals surface area contributed by atoms with E-state index in [0.29, 0.717) is 0 Å². The molecule has 76 valence electrons. The van der Waals surface area contributed by atoms with Gasteiger partial charge in [0.05, 0.1) is 0 Å². The molecule has 5 heteroatoms. The molecule has 0 atom stereocenters. The summed E-state index contributed by atoms with van der Waals surface area (Å²) in [6, 6.07) is 2.07. The fourth-order valence-corrected chi connectivity index (χ4v) is 0.840. The van der Waals surface area contributed by atoms with Crippen LogP contribution in [0, 0.1) is 11.6 Å². The van der Waals surface area contributed by atoms with Crippen LogP contribution < -0.4 is 10.5 Å². The zero-order chi connectivity index (χ0) is 10.7. The van der Waals surface area contributed by atoms with Crippen LogP contribution in [0.5, 0.6) is 5.75 Å². The fourth-order valence-electron chi connectivity index (χ4n) is 0.840. The summed E-state index contributed by atoms with van der Waals surface area (Å²) in [5.41, 5.74) is 4.47. The normalized spacial score (nSPS) is 9.93. The largest absolute Gasteiger partial charge is 0.483 e. The maximum atomic E-state index is 13.1. The highest BCUT2D eigenvalue weighted by Crippen LogP contribution is 2.24. The Kier molecular flexibility index (Phi) is 3.01. The molecule has 0 radical (unpaired) electrons. The Morgan fingerprint density at radius 3 is 2.71 bits per heavy atom. The maximum absolute atomic E-state index is 13.1. The molecule has 1 aromatic carbocycles. The maximum Gasteiger partial charge on any atom is 0.190 e. The molecule has 0 aromatic heterocycles. The summed E-state index contributed by atoms with van der Waals surface area (Å²) in [7, 11) is 0. The van der Waals surface area contributed by atoms with Crippen molar-refractivity contribution in [2.24, 2.45) is 0 Å². The second kappa shape index (κ2) is 4.04. The number of benzene rings is 1. The fraction of sp³-hybridized carbons (Fsp3) is 0.222. The van der Waals surface area contributed by atoms with Gasteiger partial charge in [-0.2, -0.15) is 0 Å². The van der Waals surface area contributed by atoms with E-state index in [9.17, 15) is 13.6 Å². The van der Waals surface area contributed by atoms with E-state index in [0.717, 1.165) is 12.1 Å². The third-order valence-corrected chi connectivity index (χ3v) is 1.52. The lowest BCUT2D eigenvalue weighted by Gasteiger charge is -2.06. The van der Waals surface area contributed by atoms with Crippen molar-refractivity contribution in [3.05, 3.63) is 23.8 Å². The first-order valence-electron chi connectivity index (χ1n) is 3.88. The molecule has 0 bridgehead atoms. The first-order valence-corrected chi connectivity index (χ1v) is 3.88. The number of carbonyl (C=O) groups is 1. The van der Waals surface area contributed by atoms with Crippen molar-refractivity contribution in [1.82, 2.24) is 0 Å². The molecule has 1 aromatic rings. The van der Waals surface area contributed by atoms with Crippen LogP contribution in [0.3, 0.4) is 0 Å². The van der Waals surface area contributed by atoms with Crippen LogP contribution in [-0.2, 0) is 4.79 Å². The van der Waals surface area contributed by atoms with Crippen LogP contribution in [-0.4, -0.2) is 12.4 Å². The van der Waals surface area contributed by atoms with E-state index in [1.165, 1.54) is 6.92 Å². The predicted molar refractivity (Wildman–Crippen MR) is 46.9 cm³/mol. The number of halogens is 2. The van der Waals surface area contributed by atoms with Crippen molar-refractivity contribution in [2.45, 2.75) is 6.92 Å². The minimum atomic E-state index is -0.980. The molecule has 0 spiro atoms. The van der Waals surface area contributed by atoms with Crippen LogP contribution in [0.25, 0.3) is 0 Å². The van der Waals surface area contributed by atoms with Crippen molar-refractivity contribution in [2.75, 3.05) is 12.3 Å². The molecule has 0 amide bonds. The number of hydrogen-bond donors (Lipinski definition) is 1. The van der Waals surface area contributed by atoms with Crippen molar-refractivity contribution < 1.29 is 18.3 Å². The third kappa shape index (κ3) is 2.18. The third-order valence-electron chi connectivity index (χ3n) is 1.52. The standard InChI is InChI=1S/C9H9F2NO2/c1-5(13)4-14-7-3-2-6(10)9(12)8(7)11/h2-3H,4,12H2,1H3. The monoisotopic (exact) mass is 201 g/mol. The van der Waals surface area contributed by atoms with Gasteiger partial charge in [0.25, 0.3) is 0 Å². The minimum absolute atomic E-state index is 0.223. The molecule has 0 saturated carbocycles. The van der Waals surface area contributed by atoms with Crippen molar-refractivity contribution >= 4 is 11.5 Å². The topological polar surface area (TPSA) is 52.3 Å².